The number of fused-ring (bicyclic) bond motifs is 1. The number of nitrogens with zero attached hydrogens (tertiary/aromatic N) is 2. The van der Waals surface area contributed by atoms with Gasteiger partial charge in [-0.1, -0.05) is 35.9 Å². The highest BCUT2D eigenvalue weighted by Gasteiger charge is 2.17. The number of carbonyl (C=O) groups is 2. The molecule has 1 aromatic heterocycles. The number of ether oxygens (including phenoxy) is 1. The van der Waals surface area contributed by atoms with Crippen molar-refractivity contribution in [2.24, 2.45) is 5.10 Å². The van der Waals surface area contributed by atoms with Crippen molar-refractivity contribution in [1.82, 2.24) is 9.99 Å². The lowest BCUT2D eigenvalue weighted by Gasteiger charge is -2.14. The number of rotatable bonds is 6. The predicted octanol–water partition coefficient (Wildman–Crippen LogP) is 3.49. The molecule has 36 heavy (non-hydrogen) atoms. The van der Waals surface area contributed by atoms with E-state index in [9.17, 15) is 19.5 Å². The minimum Gasteiger partial charge on any atom is -0.494 e. The Morgan fingerprint density at radius 3 is 2.31 bits per heavy atom. The molecule has 0 bridgehead atoms. The van der Waals surface area contributed by atoms with E-state index in [0.717, 1.165) is 10.1 Å². The molecule has 1 heterocycles. The van der Waals surface area contributed by atoms with Crippen LogP contribution in [0, 0.1) is 6.92 Å². The Hall–Kier alpha value is -4.92. The predicted molar refractivity (Wildman–Crippen MR) is 138 cm³/mol. The molecule has 0 radical (unpaired) electrons. The summed E-state index contributed by atoms with van der Waals surface area (Å²) < 4.78 is 6.59. The molecule has 4 rings (SSSR count). The van der Waals surface area contributed by atoms with Crippen molar-refractivity contribution in [1.29, 1.82) is 0 Å². The number of aromatic hydroxyl groups is 1. The molecule has 0 atom stereocenters. The quantitative estimate of drug-likeness (QED) is 0.220. The number of anilines is 1. The first-order valence-corrected chi connectivity index (χ1v) is 11.2. The van der Waals surface area contributed by atoms with Crippen molar-refractivity contribution in [3.63, 3.8) is 0 Å². The maximum Gasteiger partial charge on any atom is 0.329 e. The normalized spacial score (nSPS) is 10.9. The lowest BCUT2D eigenvalue weighted by atomic mass is 10.1. The molecule has 9 heteroatoms. The second kappa shape index (κ2) is 10.6. The van der Waals surface area contributed by atoms with Gasteiger partial charge in [0.05, 0.1) is 24.1 Å². The van der Waals surface area contributed by atoms with Crippen molar-refractivity contribution in [3.8, 4) is 17.3 Å². The van der Waals surface area contributed by atoms with E-state index >= 15 is 0 Å². The van der Waals surface area contributed by atoms with Gasteiger partial charge in [0.25, 0.3) is 5.56 Å². The summed E-state index contributed by atoms with van der Waals surface area (Å²) in [6.07, 6.45) is 1.19. The van der Waals surface area contributed by atoms with Crippen LogP contribution >= 0.6 is 0 Å². The summed E-state index contributed by atoms with van der Waals surface area (Å²) in [7, 11) is 0. The highest BCUT2D eigenvalue weighted by molar-refractivity contribution is 6.39. The molecule has 0 saturated carbocycles. The van der Waals surface area contributed by atoms with Crippen LogP contribution in [0.2, 0.25) is 0 Å². The maximum absolute atomic E-state index is 13.2. The first kappa shape index (κ1) is 24.2. The van der Waals surface area contributed by atoms with Crippen LogP contribution in [0.4, 0.5) is 5.69 Å². The van der Waals surface area contributed by atoms with E-state index in [4.69, 9.17) is 4.74 Å². The Kier molecular flexibility index (Phi) is 7.10. The van der Waals surface area contributed by atoms with Crippen LogP contribution in [0.3, 0.4) is 0 Å². The molecule has 0 aliphatic heterocycles. The monoisotopic (exact) mass is 484 g/mol. The number of aryl methyl sites for hydroxylation is 1. The van der Waals surface area contributed by atoms with Gasteiger partial charge >= 0.3 is 11.8 Å². The fourth-order valence-electron chi connectivity index (χ4n) is 3.62. The SMILES string of the molecule is CCOc1ccc(-n2c(O)c(/C=N/NC(=O)C(=O)Nc3ccc(C)cc3)c3ccccc3c2=O)cc1. The van der Waals surface area contributed by atoms with Crippen LogP contribution < -0.4 is 21.0 Å². The zero-order chi connectivity index (χ0) is 25.7. The highest BCUT2D eigenvalue weighted by Crippen LogP contribution is 2.26. The maximum atomic E-state index is 13.2. The van der Waals surface area contributed by atoms with E-state index < -0.39 is 17.4 Å². The molecule has 0 aliphatic carbocycles. The van der Waals surface area contributed by atoms with E-state index in [1.165, 1.54) is 6.21 Å². The standard InChI is InChI=1S/C27H24N4O5/c1-3-36-20-14-12-19(13-15-20)31-26(34)22-7-5-4-6-21(22)23(27(31)35)16-28-30-25(33)24(32)29-18-10-8-17(2)9-11-18/h4-16,35H,3H2,1-2H3,(H,29,32)(H,30,33)/b28-16+. The largest absolute Gasteiger partial charge is 0.494 e. The molecule has 182 valence electrons. The summed E-state index contributed by atoms with van der Waals surface area (Å²) >= 11 is 0. The minimum absolute atomic E-state index is 0.193. The molecule has 4 aromatic rings. The lowest BCUT2D eigenvalue weighted by molar-refractivity contribution is -0.136. The van der Waals surface area contributed by atoms with E-state index in [2.05, 4.69) is 15.8 Å². The molecule has 2 amide bonds. The molecular formula is C27H24N4O5. The van der Waals surface area contributed by atoms with Crippen molar-refractivity contribution < 1.29 is 19.4 Å². The van der Waals surface area contributed by atoms with Gasteiger partial charge in [-0.3, -0.25) is 14.4 Å². The summed E-state index contributed by atoms with van der Waals surface area (Å²) in [5.41, 5.74) is 3.82. The molecule has 3 N–H and O–H groups in total. The van der Waals surface area contributed by atoms with Gasteiger partial charge < -0.3 is 15.2 Å². The van der Waals surface area contributed by atoms with Crippen LogP contribution in [0.5, 0.6) is 11.6 Å². The third-order valence-corrected chi connectivity index (χ3v) is 5.38. The number of benzene rings is 3. The average molecular weight is 485 g/mol. The first-order chi connectivity index (χ1) is 17.4. The van der Waals surface area contributed by atoms with Crippen LogP contribution in [0.15, 0.2) is 82.7 Å². The Labute approximate surface area is 206 Å². The fraction of sp³-hybridized carbons (Fsp3) is 0.111. The molecule has 0 saturated heterocycles. The fourth-order valence-corrected chi connectivity index (χ4v) is 3.62. The molecule has 0 spiro atoms. The second-order valence-electron chi connectivity index (χ2n) is 7.87. The van der Waals surface area contributed by atoms with E-state index in [0.29, 0.717) is 34.5 Å². The number of nitrogens with one attached hydrogen (secondary N) is 2. The van der Waals surface area contributed by atoms with Gasteiger partial charge in [-0.25, -0.2) is 9.99 Å². The van der Waals surface area contributed by atoms with Gasteiger partial charge in [0.15, 0.2) is 0 Å². The van der Waals surface area contributed by atoms with E-state index in [1.807, 2.05) is 13.8 Å². The topological polar surface area (TPSA) is 122 Å². The third kappa shape index (κ3) is 5.10. The molecule has 0 aliphatic rings. The molecular weight excluding hydrogens is 460 g/mol. The zero-order valence-corrected chi connectivity index (χ0v) is 19.7. The summed E-state index contributed by atoms with van der Waals surface area (Å²) in [6.45, 7) is 4.27. The number of aromatic nitrogens is 1. The zero-order valence-electron chi connectivity index (χ0n) is 19.7. The van der Waals surface area contributed by atoms with Crippen LogP contribution in [0.25, 0.3) is 16.5 Å². The molecule has 9 nitrogen and oxygen atoms in total. The van der Waals surface area contributed by atoms with Gasteiger partial charge in [-0.15, -0.1) is 0 Å². The molecule has 3 aromatic carbocycles. The Morgan fingerprint density at radius 2 is 1.64 bits per heavy atom. The average Bonchev–Trinajstić information content (AvgIpc) is 2.88. The van der Waals surface area contributed by atoms with Gasteiger partial charge in [-0.2, -0.15) is 5.10 Å². The van der Waals surface area contributed by atoms with E-state index in [1.54, 1.807) is 72.8 Å². The Balaban J connectivity index is 1.63. The lowest BCUT2D eigenvalue weighted by Crippen LogP contribution is -2.32. The van der Waals surface area contributed by atoms with Gasteiger partial charge in [-0.05, 0) is 56.3 Å². The first-order valence-electron chi connectivity index (χ1n) is 11.2. The molecule has 0 unspecified atom stereocenters. The van der Waals surface area contributed by atoms with Crippen molar-refractivity contribution in [2.75, 3.05) is 11.9 Å². The summed E-state index contributed by atoms with van der Waals surface area (Å²) in [5, 5.41) is 18.1. The smallest absolute Gasteiger partial charge is 0.329 e. The Morgan fingerprint density at radius 1 is 0.972 bits per heavy atom. The highest BCUT2D eigenvalue weighted by atomic mass is 16.5. The molecule has 0 fully saturated rings. The van der Waals surface area contributed by atoms with Crippen molar-refractivity contribution >= 4 is 34.5 Å². The van der Waals surface area contributed by atoms with Crippen molar-refractivity contribution in [2.45, 2.75) is 13.8 Å². The van der Waals surface area contributed by atoms with E-state index in [-0.39, 0.29) is 11.4 Å². The third-order valence-electron chi connectivity index (χ3n) is 5.38. The van der Waals surface area contributed by atoms with Crippen LogP contribution in [-0.4, -0.2) is 34.3 Å². The number of carbonyl (C=O) groups excluding carboxylic acids is 2. The number of hydrazone groups is 1. The summed E-state index contributed by atoms with van der Waals surface area (Å²) in [6, 6.07) is 20.4. The van der Waals surface area contributed by atoms with Crippen molar-refractivity contribution in [3.05, 3.63) is 94.3 Å². The Bertz CT molecular complexity index is 1510. The van der Waals surface area contributed by atoms with Gasteiger partial charge in [0.2, 0.25) is 5.88 Å². The summed E-state index contributed by atoms with van der Waals surface area (Å²) in [5.74, 6) is -1.63. The van der Waals surface area contributed by atoms with Crippen LogP contribution in [0.1, 0.15) is 18.1 Å². The minimum atomic E-state index is -0.990. The van der Waals surface area contributed by atoms with Gasteiger partial charge in [0.1, 0.15) is 5.75 Å². The number of pyridine rings is 1. The second-order valence-corrected chi connectivity index (χ2v) is 7.87. The number of hydrogen-bond donors (Lipinski definition) is 3. The van der Waals surface area contributed by atoms with Gasteiger partial charge in [0, 0.05) is 16.5 Å². The number of amides is 2. The van der Waals surface area contributed by atoms with Crippen LogP contribution in [-0.2, 0) is 9.59 Å². The summed E-state index contributed by atoms with van der Waals surface area (Å²) in [4.78, 5) is 37.6. The number of hydrogen-bond acceptors (Lipinski definition) is 6.